The predicted molar refractivity (Wildman–Crippen MR) is 352 cm³/mol. The Balaban J connectivity index is 0.000000153. The van der Waals surface area contributed by atoms with Crippen molar-refractivity contribution in [3.8, 4) is 69.0 Å². The van der Waals surface area contributed by atoms with E-state index in [2.05, 4.69) is 16.0 Å². The van der Waals surface area contributed by atoms with Crippen LogP contribution in [0, 0.1) is 27.7 Å². The van der Waals surface area contributed by atoms with E-state index in [1.165, 1.54) is 0 Å². The molecule has 6 amide bonds. The molecule has 6 aromatic carbocycles. The van der Waals surface area contributed by atoms with Gasteiger partial charge in [-0.3, -0.25) is 44.7 Å². The van der Waals surface area contributed by atoms with Gasteiger partial charge in [0.15, 0.2) is 51.3 Å². The number of ether oxygens (including phenoxy) is 9. The molecule has 0 aromatic heterocycles. The van der Waals surface area contributed by atoms with Crippen molar-refractivity contribution in [1.82, 2.24) is 16.0 Å². The molecule has 21 nitrogen and oxygen atoms in total. The summed E-state index contributed by atoms with van der Waals surface area (Å²) >= 11 is 3.07. The molecule has 12 rings (SSSR count). The zero-order valence-corrected chi connectivity index (χ0v) is 55.7. The minimum absolute atomic E-state index is 0.171. The number of imide groups is 3. The fourth-order valence-electron chi connectivity index (χ4n) is 10.6. The Labute approximate surface area is 551 Å². The predicted octanol–water partition coefficient (Wildman–Crippen LogP) is 11.6. The van der Waals surface area contributed by atoms with Gasteiger partial charge in [-0.2, -0.15) is 0 Å². The van der Waals surface area contributed by atoms with Crippen LogP contribution in [-0.2, 0) is 39.1 Å². The lowest BCUT2D eigenvalue weighted by Gasteiger charge is -2.39. The molecule has 3 fully saturated rings. The second-order valence-electron chi connectivity index (χ2n) is 25.2. The van der Waals surface area contributed by atoms with Gasteiger partial charge >= 0.3 is 0 Å². The van der Waals surface area contributed by atoms with Crippen molar-refractivity contribution in [3.05, 3.63) is 142 Å². The Morgan fingerprint density at radius 2 is 0.903 bits per heavy atom. The first-order valence-electron chi connectivity index (χ1n) is 30.3. The average molecular weight is 1330 g/mol. The second-order valence-corrected chi connectivity index (χ2v) is 28.7. The lowest BCUT2D eigenvalue weighted by atomic mass is 9.86. The van der Waals surface area contributed by atoms with Gasteiger partial charge in [-0.25, -0.2) is 0 Å². The Kier molecular flexibility index (Phi) is 19.9. The van der Waals surface area contributed by atoms with Gasteiger partial charge in [0.1, 0.15) is 74.1 Å². The summed E-state index contributed by atoms with van der Waals surface area (Å²) in [5.41, 5.74) is 4.42. The van der Waals surface area contributed by atoms with Crippen LogP contribution in [0.4, 0.5) is 14.4 Å². The number of aryl methyl sites for hydroxylation is 1. The molecule has 6 N–H and O–H groups in total. The maximum absolute atomic E-state index is 11.8. The standard InChI is InChI=1S/2C24H27NO6S.C21H21NO6S/c1-23(2,3)16-10-19-18(11-17(16)26)30-13-24(4,31-19)12-29-15-7-5-14(6-8-15)9-20-21(27)25-22(28)32-20;1-5-24(12-30-20-15(4)19(26)13(2)14(3)21(20)31-24)11-29-17-8-6-16(7-9-17)10-18-22(27)25-23(28)32-18;1-12-7-17-16(9-15(12)23)27-11-21(2,28-17)10-26-14-5-3-13(4-6-14)8-18-19(24)22-20(25)29-18/h5-8,10-11,20,26H,9,12-13H2,1-4H3,(H,25,27,28);6-9,18,26H,5,10-12H2,1-4H3,(H,25,27,28);3-7,9,18,23H,8,10-11H2,1-2H3,(H,22,24,25). The van der Waals surface area contributed by atoms with Crippen LogP contribution in [0.1, 0.15) is 92.5 Å². The Hall–Kier alpha value is -8.61. The van der Waals surface area contributed by atoms with Crippen LogP contribution >= 0.6 is 35.3 Å². The van der Waals surface area contributed by atoms with Gasteiger partial charge in [-0.05, 0) is 149 Å². The van der Waals surface area contributed by atoms with Crippen LogP contribution in [0.5, 0.6) is 69.0 Å². The van der Waals surface area contributed by atoms with Crippen LogP contribution in [0.25, 0.3) is 0 Å². The first-order chi connectivity index (χ1) is 44.1. The van der Waals surface area contributed by atoms with E-state index in [1.807, 2.05) is 141 Å². The SMILES string of the molecule is CC1(COc2ccc(CC3SC(=O)NC3=O)cc2)COc2cc(O)c(C(C)(C)C)cc2O1.CCC1(COc2ccc(CC3SC(=O)NC3=O)cc2)COc2c(C)c(O)c(C)c(C)c2O1.Cc1cc2c(cc1O)OCC(C)(COc1ccc(CC3SC(=O)NC3=O)cc1)O2. The third-order valence-corrected chi connectivity index (χ3v) is 19.4. The number of hydrogen-bond donors (Lipinski definition) is 6. The highest BCUT2D eigenvalue weighted by Crippen LogP contribution is 2.48. The third kappa shape index (κ3) is 16.1. The number of phenols is 3. The molecule has 6 atom stereocenters. The molecule has 6 aliphatic heterocycles. The van der Waals surface area contributed by atoms with E-state index in [1.54, 1.807) is 25.1 Å². The van der Waals surface area contributed by atoms with Crippen molar-refractivity contribution in [1.29, 1.82) is 0 Å². The summed E-state index contributed by atoms with van der Waals surface area (Å²) in [6.45, 7) is 21.1. The third-order valence-electron chi connectivity index (χ3n) is 16.4. The summed E-state index contributed by atoms with van der Waals surface area (Å²) in [4.78, 5) is 69.1. The normalized spacial score (nSPS) is 22.5. The monoisotopic (exact) mass is 1330 g/mol. The summed E-state index contributed by atoms with van der Waals surface area (Å²) in [5, 5.41) is 35.3. The molecule has 24 heteroatoms. The zero-order chi connectivity index (χ0) is 66.7. The minimum Gasteiger partial charge on any atom is -0.508 e. The number of benzene rings is 6. The molecule has 3 saturated heterocycles. The maximum atomic E-state index is 11.8. The fourth-order valence-corrected chi connectivity index (χ4v) is 13.2. The Morgan fingerprint density at radius 3 is 1.30 bits per heavy atom. The van der Waals surface area contributed by atoms with E-state index in [4.69, 9.17) is 42.6 Å². The summed E-state index contributed by atoms with van der Waals surface area (Å²) in [6, 6.07) is 29.1. The summed E-state index contributed by atoms with van der Waals surface area (Å²) in [5.74, 6) is 5.35. The molecule has 6 aliphatic rings. The zero-order valence-electron chi connectivity index (χ0n) is 53.2. The van der Waals surface area contributed by atoms with Gasteiger partial charge in [0, 0.05) is 28.8 Å². The van der Waals surface area contributed by atoms with Gasteiger partial charge in [-0.15, -0.1) is 0 Å². The quantitative estimate of drug-likeness (QED) is 0.0525. The number of thioether (sulfide) groups is 3. The number of hydrogen-bond acceptors (Lipinski definition) is 21. The highest BCUT2D eigenvalue weighted by molar-refractivity contribution is 8.16. The van der Waals surface area contributed by atoms with Gasteiger partial charge in [0.25, 0.3) is 15.7 Å². The number of amides is 6. The van der Waals surface area contributed by atoms with E-state index >= 15 is 0 Å². The van der Waals surface area contributed by atoms with Crippen molar-refractivity contribution in [2.45, 2.75) is 133 Å². The number of rotatable bonds is 16. The Bertz CT molecular complexity index is 3860. The summed E-state index contributed by atoms with van der Waals surface area (Å²) in [6.07, 6.45) is 2.14. The topological polar surface area (TPSA) is 282 Å². The molecule has 0 radical (unpaired) electrons. The molecule has 492 valence electrons. The Morgan fingerprint density at radius 1 is 0.495 bits per heavy atom. The van der Waals surface area contributed by atoms with Crippen LogP contribution < -0.4 is 58.6 Å². The first-order valence-corrected chi connectivity index (χ1v) is 32.9. The highest BCUT2D eigenvalue weighted by atomic mass is 32.2. The van der Waals surface area contributed by atoms with E-state index in [0.717, 1.165) is 68.7 Å². The summed E-state index contributed by atoms with van der Waals surface area (Å²) in [7, 11) is 0. The molecular formula is C69H75N3O18S3. The lowest BCUT2D eigenvalue weighted by Crippen LogP contribution is -2.49. The van der Waals surface area contributed by atoms with Gasteiger partial charge in [0.05, 0.1) is 15.7 Å². The molecular weight excluding hydrogens is 1250 g/mol. The number of aromatic hydroxyl groups is 3. The first kappa shape index (κ1) is 67.3. The average Bonchev–Trinajstić information content (AvgIpc) is 1.28. The fraction of sp³-hybridized carbons (Fsp3) is 0.391. The number of phenolic OH excluding ortho intramolecular Hbond substituents is 3. The van der Waals surface area contributed by atoms with E-state index in [0.29, 0.717) is 108 Å². The smallest absolute Gasteiger partial charge is 0.286 e. The summed E-state index contributed by atoms with van der Waals surface area (Å²) < 4.78 is 54.3. The molecule has 93 heavy (non-hydrogen) atoms. The molecule has 6 aromatic rings. The van der Waals surface area contributed by atoms with Gasteiger partial charge in [0.2, 0.25) is 17.7 Å². The van der Waals surface area contributed by atoms with E-state index in [-0.39, 0.29) is 86.4 Å². The van der Waals surface area contributed by atoms with Crippen molar-refractivity contribution >= 4 is 68.7 Å². The van der Waals surface area contributed by atoms with Crippen LogP contribution in [-0.4, -0.2) is 121 Å². The molecule has 0 spiro atoms. The molecule has 0 aliphatic carbocycles. The molecule has 6 heterocycles. The van der Waals surface area contributed by atoms with Crippen LogP contribution in [0.3, 0.4) is 0 Å². The second kappa shape index (κ2) is 27.5. The maximum Gasteiger partial charge on any atom is 0.286 e. The van der Waals surface area contributed by atoms with E-state index in [9.17, 15) is 44.1 Å². The largest absolute Gasteiger partial charge is 0.508 e. The number of carbonyl (C=O) groups excluding carboxylic acids is 6. The van der Waals surface area contributed by atoms with Crippen molar-refractivity contribution in [2.75, 3.05) is 39.6 Å². The number of carbonyl (C=O) groups is 6. The number of fused-ring (bicyclic) bond motifs is 3. The van der Waals surface area contributed by atoms with E-state index < -0.39 is 22.1 Å². The minimum atomic E-state index is -0.698. The number of nitrogens with one attached hydrogen (secondary N) is 3. The highest BCUT2D eigenvalue weighted by Gasteiger charge is 2.42. The molecule has 6 unspecified atom stereocenters. The molecule has 0 bridgehead atoms. The van der Waals surface area contributed by atoms with Gasteiger partial charge in [-0.1, -0.05) is 99.4 Å². The van der Waals surface area contributed by atoms with Crippen molar-refractivity contribution < 1.29 is 86.7 Å². The van der Waals surface area contributed by atoms with Crippen molar-refractivity contribution in [2.24, 2.45) is 0 Å². The molecule has 0 saturated carbocycles. The van der Waals surface area contributed by atoms with Gasteiger partial charge < -0.3 is 58.0 Å². The van der Waals surface area contributed by atoms with Crippen LogP contribution in [0.15, 0.2) is 97.1 Å². The van der Waals surface area contributed by atoms with Crippen molar-refractivity contribution in [3.63, 3.8) is 0 Å². The van der Waals surface area contributed by atoms with Crippen LogP contribution in [0.2, 0.25) is 0 Å². The lowest BCUT2D eigenvalue weighted by molar-refractivity contribution is -0.119.